The lowest BCUT2D eigenvalue weighted by atomic mass is 9.87. The molecule has 0 bridgehead atoms. The lowest BCUT2D eigenvalue weighted by Crippen LogP contribution is -2.43. The first-order chi connectivity index (χ1) is 65.1. The van der Waals surface area contributed by atoms with Crippen LogP contribution in [0, 0.1) is 85.8 Å². The fraction of sp³-hybridized carbons (Fsp3) is 0.491. The molecule has 12 heterocycles. The van der Waals surface area contributed by atoms with Gasteiger partial charge in [-0.25, -0.2) is 19.3 Å². The number of rotatable bonds is 27. The lowest BCUT2D eigenvalue weighted by molar-refractivity contribution is -0.145. The molecule has 6 saturated heterocycles. The first-order valence-corrected chi connectivity index (χ1v) is 48.1. The van der Waals surface area contributed by atoms with Gasteiger partial charge in [-0.1, -0.05) is 72.8 Å². The summed E-state index contributed by atoms with van der Waals surface area (Å²) in [6, 6.07) is 49.5. The molecule has 3 aromatic heterocycles. The molecule has 25 nitrogen and oxygen atoms in total. The molecule has 3 saturated carbocycles. The first kappa shape index (κ1) is 92.1. The Morgan fingerprint density at radius 3 is 1.19 bits per heavy atom. The van der Waals surface area contributed by atoms with Crippen LogP contribution in [0.2, 0.25) is 0 Å². The van der Waals surface area contributed by atoms with E-state index in [0.29, 0.717) is 102 Å². The van der Waals surface area contributed by atoms with Crippen molar-refractivity contribution >= 4 is 35.4 Å². The zero-order chi connectivity index (χ0) is 92.8. The summed E-state index contributed by atoms with van der Waals surface area (Å²) in [6.45, 7) is 25.2. The van der Waals surface area contributed by atoms with Crippen LogP contribution in [0.4, 0.5) is 21.8 Å². The van der Waals surface area contributed by atoms with E-state index in [2.05, 4.69) is 86.6 Å². The molecule has 9 atom stereocenters. The van der Waals surface area contributed by atoms with Crippen molar-refractivity contribution in [2.24, 2.45) is 34.0 Å². The SMILES string of the molecule is COC[C@H]1N(c2cccc(-c3cccc(C)c3OCc3cc(C#N)c4c(c3)CCN(C3CCOCC3)C4)n2)C[C@@H]2C[C@@]21C(=O)O.COC[C@H]1N(c2cccc(-c3cccc(C)c3OCc3cc(C)c4c(c3C)CCN(C3CCOCC3)C4)n2)C[C@@H]2C[C@@]21C(=O)O.COC[C@H]1N(c2cccc(-c3cccc(C)c3OCc3cc(F)c4c(c3)CCN(C3CCOCC3)C4)n2)C[C@@H]2C[C@@]21C(=O)O. The van der Waals surface area contributed by atoms with Crippen molar-refractivity contribution in [3.05, 3.63) is 229 Å². The van der Waals surface area contributed by atoms with E-state index in [1.807, 2.05) is 117 Å². The van der Waals surface area contributed by atoms with Crippen LogP contribution in [0.3, 0.4) is 0 Å². The van der Waals surface area contributed by atoms with E-state index in [-0.39, 0.29) is 48.3 Å². The number of para-hydroxylation sites is 3. The summed E-state index contributed by atoms with van der Waals surface area (Å²) in [5.74, 6) is 2.51. The van der Waals surface area contributed by atoms with Crippen LogP contribution in [0.25, 0.3) is 33.8 Å². The highest BCUT2D eigenvalue weighted by molar-refractivity contribution is 5.85. The van der Waals surface area contributed by atoms with Gasteiger partial charge in [-0.15, -0.1) is 0 Å². The van der Waals surface area contributed by atoms with Gasteiger partial charge in [-0.3, -0.25) is 29.1 Å². The van der Waals surface area contributed by atoms with Gasteiger partial charge in [-0.05, 0) is 268 Å². The second-order valence-corrected chi connectivity index (χ2v) is 39.2. The molecule has 3 N–H and O–H groups in total. The Morgan fingerprint density at radius 2 is 0.799 bits per heavy atom. The van der Waals surface area contributed by atoms with Crippen LogP contribution in [0.5, 0.6) is 17.2 Å². The Bertz CT molecular complexity index is 5930. The van der Waals surface area contributed by atoms with E-state index in [9.17, 15) is 35.0 Å². The van der Waals surface area contributed by atoms with Crippen molar-refractivity contribution in [2.75, 3.05) is 135 Å². The average Bonchev–Trinajstić information content (AvgIpc) is 1.54. The van der Waals surface area contributed by atoms with Crippen molar-refractivity contribution < 1.29 is 76.7 Å². The van der Waals surface area contributed by atoms with Crippen molar-refractivity contribution in [2.45, 2.75) is 187 Å². The van der Waals surface area contributed by atoms with Crippen molar-refractivity contribution in [1.29, 1.82) is 5.26 Å². The minimum atomic E-state index is -0.765. The Labute approximate surface area is 784 Å². The van der Waals surface area contributed by atoms with Gasteiger partial charge in [0.25, 0.3) is 0 Å². The molecule has 9 aromatic rings. The van der Waals surface area contributed by atoms with Crippen molar-refractivity contribution in [1.82, 2.24) is 29.7 Å². The van der Waals surface area contributed by atoms with E-state index >= 15 is 4.39 Å². The summed E-state index contributed by atoms with van der Waals surface area (Å²) < 4.78 is 68.2. The molecule has 3 aliphatic carbocycles. The van der Waals surface area contributed by atoms with Crippen LogP contribution in [-0.4, -0.2) is 219 Å². The van der Waals surface area contributed by atoms with Gasteiger partial charge in [0, 0.05) is 160 Å². The Morgan fingerprint density at radius 1 is 0.440 bits per heavy atom. The maximum absolute atomic E-state index is 15.4. The highest BCUT2D eigenvalue weighted by atomic mass is 19.1. The number of fused-ring (bicyclic) bond motifs is 6. The zero-order valence-corrected chi connectivity index (χ0v) is 78.4. The largest absolute Gasteiger partial charge is 0.488 e. The van der Waals surface area contributed by atoms with E-state index in [1.165, 1.54) is 33.4 Å². The van der Waals surface area contributed by atoms with Gasteiger partial charge in [0.1, 0.15) is 60.3 Å². The maximum Gasteiger partial charge on any atom is 0.312 e. The quantitative estimate of drug-likeness (QED) is 0.0431. The fourth-order valence-electron chi connectivity index (χ4n) is 24.0. The highest BCUT2D eigenvalue weighted by Gasteiger charge is 2.73. The topological polar surface area (TPSA) is 277 Å². The number of hydrogen-bond acceptors (Lipinski definition) is 22. The standard InChI is InChI=1S/C37H45N3O5.C36H40N4O5.C35H40FN3O5/c1-23-7-5-8-30(32-9-6-10-34(38-32)40-19-27-18-37(27,36(41)42)33(40)22-43-4)35(23)45-21-26-17-24(2)31-20-39(14-11-29(31)25(26)3)28-12-15-44-16-13-28;1-23-5-3-6-29(31-7-4-8-33(38-31)40-19-27-17-36(27,35(41)42)32(40)22-43-2)34(23)45-21-24-15-25-9-12-39(28-10-13-44-14-11-28)20-30(25)26(16-24)18-37;1-22-5-3-6-27(30-7-4-8-32(37-30)39-18-25-17-35(25,34(40)41)31(39)21-42-2)33(22)44-20-23-15-24-9-12-38(19-28(24)29(36)16-23)26-10-13-43-14-11-26/h5-10,17,27-28,33H,11-16,18-22H2,1-4H3,(H,41,42);3-8,15-16,27-28,32H,9-14,17,19-22H2,1-2H3,(H,41,42);3-8,15-16,25-26,31H,9-14,17-21H2,1-2H3,(H,40,41)/t27-,33+,37+;27-,32+,36+;25-,31+,35+/m000/s1. The summed E-state index contributed by atoms with van der Waals surface area (Å²) in [5, 5.41) is 40.2. The molecule has 9 fully saturated rings. The normalized spacial score (nSPS) is 24.8. The Kier molecular flexibility index (Phi) is 26.8. The second kappa shape index (κ2) is 39.0. The summed E-state index contributed by atoms with van der Waals surface area (Å²) in [7, 11) is 4.87. The van der Waals surface area contributed by atoms with Gasteiger partial charge >= 0.3 is 17.9 Å². The van der Waals surface area contributed by atoms with Crippen LogP contribution in [0.15, 0.2) is 140 Å². The number of pyridine rings is 3. The van der Waals surface area contributed by atoms with Gasteiger partial charge in [-0.2, -0.15) is 5.26 Å². The number of hydrogen-bond donors (Lipinski definition) is 3. The number of aromatic nitrogens is 3. The number of carboxylic acids is 3. The number of nitrogens with zero attached hydrogens (tertiary/aromatic N) is 10. The van der Waals surface area contributed by atoms with Gasteiger partial charge in [0.05, 0.1) is 82.9 Å². The third kappa shape index (κ3) is 17.8. The average molecular weight is 1820 g/mol. The number of methoxy groups -OCH3 is 3. The molecule has 134 heavy (non-hydrogen) atoms. The molecule has 0 radical (unpaired) electrons. The summed E-state index contributed by atoms with van der Waals surface area (Å²) in [6.07, 6.45) is 11.3. The number of anilines is 3. The third-order valence-electron chi connectivity index (χ3n) is 31.7. The summed E-state index contributed by atoms with van der Waals surface area (Å²) in [4.78, 5) is 65.8. The van der Waals surface area contributed by atoms with E-state index in [0.717, 1.165) is 243 Å². The predicted molar refractivity (Wildman–Crippen MR) is 507 cm³/mol. The van der Waals surface area contributed by atoms with Gasteiger partial charge < -0.3 is 72.7 Å². The van der Waals surface area contributed by atoms with Crippen LogP contribution in [0.1, 0.15) is 141 Å². The first-order valence-electron chi connectivity index (χ1n) is 48.1. The van der Waals surface area contributed by atoms with Crippen LogP contribution in [-0.2, 0) is 102 Å². The molecule has 9 aliphatic heterocycles. The highest BCUT2D eigenvalue weighted by Crippen LogP contribution is 2.65. The maximum atomic E-state index is 15.4. The molecule has 12 aliphatic rings. The number of piperidine rings is 3. The van der Waals surface area contributed by atoms with Gasteiger partial charge in [0.15, 0.2) is 0 Å². The molecular formula is C108H125FN10O15. The van der Waals surface area contributed by atoms with E-state index in [1.54, 1.807) is 27.4 Å². The lowest BCUT2D eigenvalue weighted by Gasteiger charge is -2.39. The second-order valence-electron chi connectivity index (χ2n) is 39.2. The predicted octanol–water partition coefficient (Wildman–Crippen LogP) is 15.9. The molecule has 0 spiro atoms. The summed E-state index contributed by atoms with van der Waals surface area (Å²) in [5.41, 5.74) is 19.4. The molecule has 0 amide bonds. The smallest absolute Gasteiger partial charge is 0.312 e. The van der Waals surface area contributed by atoms with E-state index in [4.69, 9.17) is 57.6 Å². The number of halogens is 1. The fourth-order valence-corrected chi connectivity index (χ4v) is 24.0. The number of aryl methyl sites for hydroxylation is 4. The number of benzene rings is 6. The minimum absolute atomic E-state index is 0.102. The van der Waals surface area contributed by atoms with Crippen LogP contribution >= 0.6 is 0 Å². The molecule has 26 heteroatoms. The van der Waals surface area contributed by atoms with Crippen LogP contribution < -0.4 is 28.9 Å². The number of nitriles is 1. The molecule has 704 valence electrons. The Balaban J connectivity index is 0.000000129. The minimum Gasteiger partial charge on any atom is -0.488 e. The summed E-state index contributed by atoms with van der Waals surface area (Å²) >= 11 is 0. The molecular weight excluding hydrogens is 1700 g/mol. The monoisotopic (exact) mass is 1820 g/mol. The number of aliphatic carboxylic acids is 3. The molecule has 21 rings (SSSR count). The van der Waals surface area contributed by atoms with Crippen molar-refractivity contribution in [3.8, 4) is 57.1 Å². The number of carbonyl (C=O) groups is 3. The molecule has 6 aromatic carbocycles. The molecule has 0 unspecified atom stereocenters. The number of ether oxygens (including phenoxy) is 9. The number of carboxylic acid groups (broad SMARTS) is 3. The van der Waals surface area contributed by atoms with Crippen molar-refractivity contribution in [3.63, 3.8) is 0 Å². The zero-order valence-electron chi connectivity index (χ0n) is 78.4. The third-order valence-corrected chi connectivity index (χ3v) is 31.7. The van der Waals surface area contributed by atoms with E-state index < -0.39 is 34.2 Å². The van der Waals surface area contributed by atoms with Gasteiger partial charge in [0.2, 0.25) is 0 Å². The Hall–Kier alpha value is -11.0.